The first-order chi connectivity index (χ1) is 15.2. The molecule has 0 radical (unpaired) electrons. The van der Waals surface area contributed by atoms with Gasteiger partial charge in [0, 0.05) is 33.4 Å². The predicted octanol–water partition coefficient (Wildman–Crippen LogP) is 2.38. The normalized spacial score (nSPS) is 14.9. The summed E-state index contributed by atoms with van der Waals surface area (Å²) in [6.07, 6.45) is 3.59. The third-order valence-electron chi connectivity index (χ3n) is 5.61. The first-order valence-electron chi connectivity index (χ1n) is 11.4. The molecule has 0 bridgehead atoms. The Morgan fingerprint density at radius 1 is 1.10 bits per heavy atom. The van der Waals surface area contributed by atoms with E-state index in [1.165, 1.54) is 37.1 Å². The highest BCUT2D eigenvalue weighted by atomic mass is 16.5. The van der Waals surface area contributed by atoms with Gasteiger partial charge >= 0.3 is 0 Å². The van der Waals surface area contributed by atoms with Gasteiger partial charge in [-0.2, -0.15) is 0 Å². The average molecular weight is 428 g/mol. The molecule has 1 aliphatic rings. The van der Waals surface area contributed by atoms with Crippen LogP contribution in [-0.2, 0) is 31.4 Å². The van der Waals surface area contributed by atoms with Crippen molar-refractivity contribution in [3.63, 3.8) is 0 Å². The first kappa shape index (κ1) is 23.2. The number of ether oxygens (including phenoxy) is 1. The molecule has 2 N–H and O–H groups in total. The van der Waals surface area contributed by atoms with Crippen LogP contribution in [0.15, 0.2) is 29.3 Å². The fourth-order valence-electron chi connectivity index (χ4n) is 3.59. The van der Waals surface area contributed by atoms with Gasteiger partial charge in [-0.05, 0) is 57.3 Å². The number of nitrogens with one attached hydrogen (secondary N) is 2. The minimum absolute atomic E-state index is 0.573. The molecule has 8 heteroatoms. The van der Waals surface area contributed by atoms with E-state index in [0.717, 1.165) is 50.3 Å². The van der Waals surface area contributed by atoms with Gasteiger partial charge in [0.15, 0.2) is 11.8 Å². The number of benzene rings is 1. The largest absolute Gasteiger partial charge is 0.382 e. The van der Waals surface area contributed by atoms with E-state index >= 15 is 0 Å². The molecule has 2 aromatic rings. The van der Waals surface area contributed by atoms with Crippen LogP contribution >= 0.6 is 0 Å². The average Bonchev–Trinajstić information content (AvgIpc) is 3.41. The van der Waals surface area contributed by atoms with E-state index in [-0.39, 0.29) is 0 Å². The molecular weight excluding hydrogens is 390 g/mol. The van der Waals surface area contributed by atoms with Crippen molar-refractivity contribution in [3.05, 3.63) is 47.0 Å². The number of aromatic nitrogens is 3. The molecule has 0 amide bonds. The summed E-state index contributed by atoms with van der Waals surface area (Å²) >= 11 is 0. The molecule has 0 atom stereocenters. The zero-order valence-corrected chi connectivity index (χ0v) is 19.2. The van der Waals surface area contributed by atoms with Gasteiger partial charge in [-0.15, -0.1) is 10.2 Å². The van der Waals surface area contributed by atoms with Crippen molar-refractivity contribution in [1.29, 1.82) is 0 Å². The SMILES string of the molecule is CCOCCCNC(=NCc1ccc(CN2CCCC2)cc1)NCc1nnc(C)n1C. The van der Waals surface area contributed by atoms with E-state index in [9.17, 15) is 0 Å². The van der Waals surface area contributed by atoms with Crippen molar-refractivity contribution in [3.8, 4) is 0 Å². The molecule has 170 valence electrons. The standard InChI is InChI=1S/C23H37N7O/c1-4-31-15-7-12-24-23(26-17-22-28-27-19(2)29(22)3)25-16-20-8-10-21(11-9-20)18-30-13-5-6-14-30/h8-11H,4-7,12-18H2,1-3H3,(H2,24,25,26). The van der Waals surface area contributed by atoms with Crippen LogP contribution in [0.2, 0.25) is 0 Å². The maximum atomic E-state index is 5.43. The molecule has 8 nitrogen and oxygen atoms in total. The van der Waals surface area contributed by atoms with Gasteiger partial charge in [0.2, 0.25) is 0 Å². The first-order valence-corrected chi connectivity index (χ1v) is 11.4. The number of likely N-dealkylation sites (tertiary alicyclic amines) is 1. The molecule has 2 heterocycles. The lowest BCUT2D eigenvalue weighted by Crippen LogP contribution is -2.38. The molecule has 0 aliphatic carbocycles. The smallest absolute Gasteiger partial charge is 0.191 e. The Morgan fingerprint density at radius 3 is 2.52 bits per heavy atom. The molecule has 31 heavy (non-hydrogen) atoms. The van der Waals surface area contributed by atoms with E-state index in [4.69, 9.17) is 9.73 Å². The zero-order valence-electron chi connectivity index (χ0n) is 19.2. The molecule has 1 aromatic heterocycles. The van der Waals surface area contributed by atoms with E-state index in [0.29, 0.717) is 13.1 Å². The predicted molar refractivity (Wildman–Crippen MR) is 124 cm³/mol. The fourth-order valence-corrected chi connectivity index (χ4v) is 3.59. The quantitative estimate of drug-likeness (QED) is 0.326. The Morgan fingerprint density at radius 2 is 1.84 bits per heavy atom. The van der Waals surface area contributed by atoms with Crippen molar-refractivity contribution in [1.82, 2.24) is 30.3 Å². The highest BCUT2D eigenvalue weighted by Gasteiger charge is 2.11. The van der Waals surface area contributed by atoms with Crippen molar-refractivity contribution in [2.75, 3.05) is 32.8 Å². The number of rotatable bonds is 11. The van der Waals surface area contributed by atoms with Crippen molar-refractivity contribution >= 4 is 5.96 Å². The van der Waals surface area contributed by atoms with Crippen LogP contribution < -0.4 is 10.6 Å². The second-order valence-electron chi connectivity index (χ2n) is 8.02. The van der Waals surface area contributed by atoms with Crippen LogP contribution in [-0.4, -0.2) is 58.5 Å². The summed E-state index contributed by atoms with van der Waals surface area (Å²) in [5.41, 5.74) is 2.58. The zero-order chi connectivity index (χ0) is 21.9. The molecule has 3 rings (SSSR count). The third kappa shape index (κ3) is 7.63. The van der Waals surface area contributed by atoms with Gasteiger partial charge in [-0.1, -0.05) is 24.3 Å². The summed E-state index contributed by atoms with van der Waals surface area (Å²) in [5.74, 6) is 2.56. The van der Waals surface area contributed by atoms with Crippen molar-refractivity contribution in [2.24, 2.45) is 12.0 Å². The molecule has 1 aromatic carbocycles. The fraction of sp³-hybridized carbons (Fsp3) is 0.609. The summed E-state index contributed by atoms with van der Waals surface area (Å²) in [5, 5.41) is 15.1. The Hall–Kier alpha value is -2.45. The Labute approximate surface area is 186 Å². The number of aryl methyl sites for hydroxylation is 1. The second kappa shape index (κ2) is 12.4. The number of guanidine groups is 1. The highest BCUT2D eigenvalue weighted by molar-refractivity contribution is 5.79. The molecule has 1 saturated heterocycles. The third-order valence-corrected chi connectivity index (χ3v) is 5.61. The lowest BCUT2D eigenvalue weighted by Gasteiger charge is -2.15. The molecule has 0 spiro atoms. The van der Waals surface area contributed by atoms with Gasteiger partial charge in [0.05, 0.1) is 13.1 Å². The molecule has 0 saturated carbocycles. The second-order valence-corrected chi connectivity index (χ2v) is 8.02. The molecular formula is C23H37N7O. The maximum Gasteiger partial charge on any atom is 0.191 e. The van der Waals surface area contributed by atoms with E-state index in [1.807, 2.05) is 25.5 Å². The summed E-state index contributed by atoms with van der Waals surface area (Å²) in [4.78, 5) is 7.31. The number of nitrogens with zero attached hydrogens (tertiary/aromatic N) is 5. The van der Waals surface area contributed by atoms with E-state index < -0.39 is 0 Å². The van der Waals surface area contributed by atoms with Crippen molar-refractivity contribution in [2.45, 2.75) is 52.7 Å². The lowest BCUT2D eigenvalue weighted by molar-refractivity contribution is 0.145. The lowest BCUT2D eigenvalue weighted by atomic mass is 10.1. The highest BCUT2D eigenvalue weighted by Crippen LogP contribution is 2.13. The minimum atomic E-state index is 0.573. The Balaban J connectivity index is 1.55. The van der Waals surface area contributed by atoms with Gasteiger partial charge in [0.1, 0.15) is 5.82 Å². The monoisotopic (exact) mass is 427 g/mol. The molecule has 0 unspecified atom stereocenters. The number of hydrogen-bond donors (Lipinski definition) is 2. The van der Waals surface area contributed by atoms with Gasteiger partial charge in [-0.3, -0.25) is 4.90 Å². The van der Waals surface area contributed by atoms with Crippen molar-refractivity contribution < 1.29 is 4.74 Å². The van der Waals surface area contributed by atoms with E-state index in [2.05, 4.69) is 50.0 Å². The van der Waals surface area contributed by atoms with Crippen LogP contribution in [0.1, 0.15) is 49.0 Å². The number of hydrogen-bond acceptors (Lipinski definition) is 5. The van der Waals surface area contributed by atoms with Crippen LogP contribution in [0.5, 0.6) is 0 Å². The van der Waals surface area contributed by atoms with Gasteiger partial charge in [-0.25, -0.2) is 4.99 Å². The molecule has 1 aliphatic heterocycles. The topological polar surface area (TPSA) is 79.6 Å². The maximum absolute atomic E-state index is 5.43. The minimum Gasteiger partial charge on any atom is -0.382 e. The van der Waals surface area contributed by atoms with Crippen LogP contribution in [0, 0.1) is 6.92 Å². The summed E-state index contributed by atoms with van der Waals surface area (Å²) in [6, 6.07) is 8.84. The summed E-state index contributed by atoms with van der Waals surface area (Å²) < 4.78 is 7.41. The Kier molecular flexibility index (Phi) is 9.30. The van der Waals surface area contributed by atoms with E-state index in [1.54, 1.807) is 0 Å². The summed E-state index contributed by atoms with van der Waals surface area (Å²) in [6.45, 7) is 11.0. The van der Waals surface area contributed by atoms with Gasteiger partial charge in [0.25, 0.3) is 0 Å². The van der Waals surface area contributed by atoms with Crippen LogP contribution in [0.4, 0.5) is 0 Å². The van der Waals surface area contributed by atoms with Gasteiger partial charge < -0.3 is 19.9 Å². The summed E-state index contributed by atoms with van der Waals surface area (Å²) in [7, 11) is 1.97. The Bertz CT molecular complexity index is 810. The number of aliphatic imine (C=N–C) groups is 1. The van der Waals surface area contributed by atoms with Crippen LogP contribution in [0.25, 0.3) is 0 Å². The van der Waals surface area contributed by atoms with Crippen LogP contribution in [0.3, 0.4) is 0 Å². The molecule has 1 fully saturated rings.